The van der Waals surface area contributed by atoms with E-state index in [0.717, 1.165) is 36.5 Å². The number of hydrogen-bond acceptors (Lipinski definition) is 8. The molecule has 1 amide bonds. The highest BCUT2D eigenvalue weighted by atomic mass is 32.2. The third-order valence-corrected chi connectivity index (χ3v) is 9.96. The third kappa shape index (κ3) is 6.89. The molecule has 0 bridgehead atoms. The number of amides is 1. The number of benzene rings is 1. The summed E-state index contributed by atoms with van der Waals surface area (Å²) in [5.41, 5.74) is 3.16. The van der Waals surface area contributed by atoms with Gasteiger partial charge in [-0.25, -0.2) is 22.7 Å². The van der Waals surface area contributed by atoms with Crippen molar-refractivity contribution >= 4 is 38.1 Å². The number of thiazole rings is 1. The van der Waals surface area contributed by atoms with E-state index < -0.39 is 16.0 Å². The number of nitrogens with one attached hydrogen (secondary N) is 1. The first kappa shape index (κ1) is 29.3. The van der Waals surface area contributed by atoms with E-state index in [-0.39, 0.29) is 18.1 Å². The van der Waals surface area contributed by atoms with Crippen LogP contribution in [0.3, 0.4) is 0 Å². The van der Waals surface area contributed by atoms with Crippen molar-refractivity contribution in [2.45, 2.75) is 44.4 Å². The Hall–Kier alpha value is -3.81. The molecule has 1 N–H and O–H groups in total. The summed E-state index contributed by atoms with van der Waals surface area (Å²) in [5, 5.41) is 5.45. The Morgan fingerprint density at radius 3 is 2.65 bits per heavy atom. The number of anilines is 2. The molecule has 0 spiro atoms. The number of aromatic nitrogens is 3. The van der Waals surface area contributed by atoms with Crippen molar-refractivity contribution in [1.82, 2.24) is 18.8 Å². The highest BCUT2D eigenvalue weighted by molar-refractivity contribution is 7.88. The molecule has 5 heterocycles. The molecule has 4 aromatic rings. The fraction of sp³-hybridized carbons (Fsp3) is 0.367. The summed E-state index contributed by atoms with van der Waals surface area (Å²) in [6.07, 6.45) is 7.77. The quantitative estimate of drug-likeness (QED) is 0.263. The lowest BCUT2D eigenvalue weighted by molar-refractivity contribution is 0.101. The minimum atomic E-state index is -3.16. The van der Waals surface area contributed by atoms with Gasteiger partial charge in [0.15, 0.2) is 5.13 Å². The largest absolute Gasteiger partial charge is 0.490 e. The van der Waals surface area contributed by atoms with Gasteiger partial charge in [0.25, 0.3) is 5.91 Å². The van der Waals surface area contributed by atoms with Gasteiger partial charge < -0.3 is 14.2 Å². The summed E-state index contributed by atoms with van der Waals surface area (Å²) >= 11 is 1.40. The molecule has 226 valence electrons. The van der Waals surface area contributed by atoms with Crippen LogP contribution in [-0.4, -0.2) is 65.2 Å². The number of nitrogens with zero attached hydrogens (tertiary/aromatic N) is 5. The van der Waals surface area contributed by atoms with Gasteiger partial charge in [0, 0.05) is 49.6 Å². The number of carbonyl (C=O) groups excluding carboxylic acids is 1. The average Bonchev–Trinajstić information content (AvgIpc) is 3.75. The van der Waals surface area contributed by atoms with Gasteiger partial charge in [0.1, 0.15) is 17.5 Å². The van der Waals surface area contributed by atoms with Gasteiger partial charge in [0.05, 0.1) is 18.0 Å². The van der Waals surface area contributed by atoms with Gasteiger partial charge in [-0.1, -0.05) is 0 Å². The predicted molar refractivity (Wildman–Crippen MR) is 164 cm³/mol. The van der Waals surface area contributed by atoms with Crippen LogP contribution in [0.4, 0.5) is 15.2 Å². The number of hydrogen-bond donors (Lipinski definition) is 1. The lowest BCUT2D eigenvalue weighted by Crippen LogP contribution is -2.41. The Morgan fingerprint density at radius 2 is 1.91 bits per heavy atom. The molecular formula is C30H33FN6O4S2. The molecule has 6 rings (SSSR count). The highest BCUT2D eigenvalue weighted by Crippen LogP contribution is 2.38. The number of pyridine rings is 1. The van der Waals surface area contributed by atoms with Crippen molar-refractivity contribution in [1.29, 1.82) is 0 Å². The van der Waals surface area contributed by atoms with Crippen molar-refractivity contribution < 1.29 is 22.3 Å². The van der Waals surface area contributed by atoms with E-state index in [1.165, 1.54) is 34.2 Å². The molecule has 2 aliphatic heterocycles. The van der Waals surface area contributed by atoms with Crippen molar-refractivity contribution in [3.05, 3.63) is 89.2 Å². The molecule has 0 saturated carbocycles. The number of rotatable bonds is 9. The maximum Gasteiger partial charge on any atom is 0.274 e. The molecule has 0 aliphatic carbocycles. The van der Waals surface area contributed by atoms with E-state index in [2.05, 4.69) is 27.3 Å². The van der Waals surface area contributed by atoms with Crippen molar-refractivity contribution in [2.24, 2.45) is 0 Å². The maximum absolute atomic E-state index is 13.5. The van der Waals surface area contributed by atoms with Gasteiger partial charge in [-0.2, -0.15) is 4.39 Å². The van der Waals surface area contributed by atoms with Crippen LogP contribution in [0.5, 0.6) is 5.75 Å². The second-order valence-corrected chi connectivity index (χ2v) is 13.7. The van der Waals surface area contributed by atoms with E-state index in [1.807, 2.05) is 17.5 Å². The van der Waals surface area contributed by atoms with Crippen molar-refractivity contribution in [3.63, 3.8) is 0 Å². The van der Waals surface area contributed by atoms with Crippen molar-refractivity contribution in [3.8, 4) is 5.75 Å². The summed E-state index contributed by atoms with van der Waals surface area (Å²) < 4.78 is 46.5. The maximum atomic E-state index is 13.5. The molecule has 13 heteroatoms. The summed E-state index contributed by atoms with van der Waals surface area (Å²) in [5.74, 6) is -0.0588. The Bertz CT molecular complexity index is 1680. The van der Waals surface area contributed by atoms with Crippen LogP contribution in [0.2, 0.25) is 0 Å². The average molecular weight is 625 g/mol. The monoisotopic (exact) mass is 624 g/mol. The first-order chi connectivity index (χ1) is 20.7. The molecule has 2 aliphatic rings. The van der Waals surface area contributed by atoms with Crippen LogP contribution in [0.1, 0.15) is 53.5 Å². The van der Waals surface area contributed by atoms with Gasteiger partial charge in [-0.3, -0.25) is 10.1 Å². The third-order valence-electron chi connectivity index (χ3n) is 7.88. The minimum absolute atomic E-state index is 0.00600. The van der Waals surface area contributed by atoms with Crippen LogP contribution in [-0.2, 0) is 16.6 Å². The topological polar surface area (TPSA) is 110 Å². The number of ether oxygens (including phenoxy) is 1. The molecule has 43 heavy (non-hydrogen) atoms. The van der Waals surface area contributed by atoms with Gasteiger partial charge in [0.2, 0.25) is 16.0 Å². The zero-order valence-electron chi connectivity index (χ0n) is 23.7. The normalized spacial score (nSPS) is 18.2. The Labute approximate surface area is 254 Å². The molecule has 0 unspecified atom stereocenters. The Kier molecular flexibility index (Phi) is 8.46. The van der Waals surface area contributed by atoms with E-state index in [9.17, 15) is 17.6 Å². The fourth-order valence-electron chi connectivity index (χ4n) is 5.73. The summed E-state index contributed by atoms with van der Waals surface area (Å²) in [4.78, 5) is 23.8. The minimum Gasteiger partial charge on any atom is -0.490 e. The van der Waals surface area contributed by atoms with Crippen LogP contribution < -0.4 is 15.0 Å². The summed E-state index contributed by atoms with van der Waals surface area (Å²) in [7, 11) is -3.16. The molecule has 0 radical (unpaired) electrons. The number of piperidine rings is 1. The van der Waals surface area contributed by atoms with Gasteiger partial charge >= 0.3 is 0 Å². The zero-order valence-corrected chi connectivity index (χ0v) is 25.4. The van der Waals surface area contributed by atoms with E-state index >= 15 is 0 Å². The summed E-state index contributed by atoms with van der Waals surface area (Å²) in [6, 6.07) is 14.7. The van der Waals surface area contributed by atoms with Crippen LogP contribution in [0, 0.1) is 5.95 Å². The van der Waals surface area contributed by atoms with Crippen LogP contribution in [0.25, 0.3) is 0 Å². The first-order valence-electron chi connectivity index (χ1n) is 14.2. The molecule has 10 nitrogen and oxygen atoms in total. The van der Waals surface area contributed by atoms with E-state index in [0.29, 0.717) is 48.9 Å². The second kappa shape index (κ2) is 12.4. The molecule has 1 atom stereocenters. The molecule has 3 aromatic heterocycles. The van der Waals surface area contributed by atoms with Gasteiger partial charge in [-0.05, 0) is 79.8 Å². The SMILES string of the molecule is CS(=O)(=O)N1CCC(Oc2ccc(N3CCC[C@@H]3c3csc(NC(=O)c4cccn4Cc4ccnc(F)c4)n3)cc2)CC1. The van der Waals surface area contributed by atoms with Crippen molar-refractivity contribution in [2.75, 3.05) is 36.1 Å². The number of halogens is 1. The van der Waals surface area contributed by atoms with Crippen LogP contribution >= 0.6 is 11.3 Å². The summed E-state index contributed by atoms with van der Waals surface area (Å²) in [6.45, 7) is 2.21. The lowest BCUT2D eigenvalue weighted by atomic mass is 10.1. The van der Waals surface area contributed by atoms with E-state index in [4.69, 9.17) is 9.72 Å². The standard InChI is InChI=1S/C30H33FN6O4S2/c1-43(39,40)36-16-11-24(12-17-36)41-23-8-6-22(7-9-23)37-15-3-4-26(37)25-20-42-30(33-25)34-29(38)27-5-2-14-35(27)19-21-10-13-32-28(31)18-21/h2,5-10,13-14,18,20,24,26H,3-4,11-12,15-17,19H2,1H3,(H,33,34,38)/t26-/m1/s1. The van der Waals surface area contributed by atoms with Crippen LogP contribution in [0.15, 0.2) is 66.3 Å². The fourth-order valence-corrected chi connectivity index (χ4v) is 7.35. The molecule has 2 fully saturated rings. The van der Waals surface area contributed by atoms with Gasteiger partial charge in [-0.15, -0.1) is 11.3 Å². The molecular weight excluding hydrogens is 592 g/mol. The number of sulfonamides is 1. The highest BCUT2D eigenvalue weighted by Gasteiger charge is 2.29. The lowest BCUT2D eigenvalue weighted by Gasteiger charge is -2.30. The smallest absolute Gasteiger partial charge is 0.274 e. The Balaban J connectivity index is 1.07. The second-order valence-electron chi connectivity index (χ2n) is 10.9. The molecule has 1 aromatic carbocycles. The predicted octanol–water partition coefficient (Wildman–Crippen LogP) is 4.92. The molecule has 2 saturated heterocycles. The van der Waals surface area contributed by atoms with E-state index in [1.54, 1.807) is 29.0 Å². The zero-order chi connectivity index (χ0) is 30.0. The Morgan fingerprint density at radius 1 is 1.12 bits per heavy atom. The number of carbonyl (C=O) groups is 1. The first-order valence-corrected chi connectivity index (χ1v) is 17.0.